The molecule has 0 spiro atoms. The molecule has 2 rings (SSSR count). The highest BCUT2D eigenvalue weighted by Crippen LogP contribution is 2.03. The molecule has 0 aliphatic rings. The fourth-order valence-electron chi connectivity index (χ4n) is 1.82. The fourth-order valence-corrected chi connectivity index (χ4v) is 1.82. The lowest BCUT2D eigenvalue weighted by molar-refractivity contribution is 0.0952. The van der Waals surface area contributed by atoms with Crippen molar-refractivity contribution < 1.29 is 9.90 Å². The quantitative estimate of drug-likeness (QED) is 0.822. The van der Waals surface area contributed by atoms with Crippen molar-refractivity contribution in [1.82, 2.24) is 15.1 Å². The molecular weight excluding hydrogens is 266 g/mol. The predicted molar refractivity (Wildman–Crippen MR) is 79.7 cm³/mol. The Hall–Kier alpha value is -2.58. The molecule has 0 atom stereocenters. The van der Waals surface area contributed by atoms with Gasteiger partial charge in [-0.25, -0.2) is 0 Å². The van der Waals surface area contributed by atoms with Crippen LogP contribution in [0.1, 0.15) is 21.5 Å². The van der Waals surface area contributed by atoms with Crippen LogP contribution in [0.2, 0.25) is 0 Å². The second kappa shape index (κ2) is 7.27. The maximum atomic E-state index is 11.9. The number of carbonyl (C=O) groups is 1. The van der Waals surface area contributed by atoms with Crippen molar-refractivity contribution in [2.45, 2.75) is 13.5 Å². The first-order valence-corrected chi connectivity index (χ1v) is 6.66. The van der Waals surface area contributed by atoms with Crippen molar-refractivity contribution in [1.29, 1.82) is 0 Å². The van der Waals surface area contributed by atoms with Gasteiger partial charge in [0, 0.05) is 23.9 Å². The van der Waals surface area contributed by atoms with E-state index in [2.05, 4.69) is 22.3 Å². The number of aliphatic hydroxyl groups is 1. The first-order valence-electron chi connectivity index (χ1n) is 6.66. The van der Waals surface area contributed by atoms with Crippen LogP contribution in [0.4, 0.5) is 0 Å². The van der Waals surface area contributed by atoms with Crippen LogP contribution in [0, 0.1) is 18.8 Å². The van der Waals surface area contributed by atoms with Crippen LogP contribution in [0.3, 0.4) is 0 Å². The summed E-state index contributed by atoms with van der Waals surface area (Å²) in [5.41, 5.74) is 2.45. The lowest BCUT2D eigenvalue weighted by atomic mass is 10.1. The number of nitrogens with one attached hydrogen (secondary N) is 1. The molecule has 5 nitrogen and oxygen atoms in total. The van der Waals surface area contributed by atoms with E-state index in [-0.39, 0.29) is 12.5 Å². The molecule has 0 radical (unpaired) electrons. The average molecular weight is 283 g/mol. The van der Waals surface area contributed by atoms with Gasteiger partial charge in [-0.15, -0.1) is 0 Å². The zero-order valence-corrected chi connectivity index (χ0v) is 11.8. The van der Waals surface area contributed by atoms with Gasteiger partial charge < -0.3 is 10.4 Å². The van der Waals surface area contributed by atoms with E-state index in [1.165, 1.54) is 0 Å². The zero-order valence-electron chi connectivity index (χ0n) is 11.8. The van der Waals surface area contributed by atoms with Crippen LogP contribution >= 0.6 is 0 Å². The molecule has 0 bridgehead atoms. The monoisotopic (exact) mass is 283 g/mol. The Morgan fingerprint density at radius 2 is 2.14 bits per heavy atom. The number of aryl methyl sites for hydroxylation is 1. The smallest absolute Gasteiger partial charge is 0.251 e. The van der Waals surface area contributed by atoms with Crippen LogP contribution in [0.5, 0.6) is 0 Å². The largest absolute Gasteiger partial charge is 0.384 e. The lowest BCUT2D eigenvalue weighted by Crippen LogP contribution is -2.27. The third-order valence-electron chi connectivity index (χ3n) is 2.85. The molecule has 0 fully saturated rings. The van der Waals surface area contributed by atoms with Crippen molar-refractivity contribution in [2.75, 3.05) is 13.2 Å². The van der Waals surface area contributed by atoms with Crippen LogP contribution in [0.15, 0.2) is 36.7 Å². The van der Waals surface area contributed by atoms with Crippen molar-refractivity contribution in [3.8, 4) is 11.8 Å². The van der Waals surface area contributed by atoms with Crippen LogP contribution in [-0.2, 0) is 6.54 Å². The van der Waals surface area contributed by atoms with Crippen LogP contribution < -0.4 is 5.32 Å². The molecule has 1 heterocycles. The Balaban J connectivity index is 1.85. The van der Waals surface area contributed by atoms with E-state index in [0.717, 1.165) is 11.1 Å². The number of rotatable bonds is 4. The molecule has 0 aliphatic carbocycles. The van der Waals surface area contributed by atoms with Gasteiger partial charge >= 0.3 is 0 Å². The van der Waals surface area contributed by atoms with E-state index in [4.69, 9.17) is 5.11 Å². The maximum Gasteiger partial charge on any atom is 0.251 e. The number of benzene rings is 1. The normalized spacial score (nSPS) is 9.81. The summed E-state index contributed by atoms with van der Waals surface area (Å²) in [5.74, 6) is 5.22. The Morgan fingerprint density at radius 1 is 1.38 bits per heavy atom. The topological polar surface area (TPSA) is 67.2 Å². The number of carbonyl (C=O) groups excluding carboxylic acids is 1. The summed E-state index contributed by atoms with van der Waals surface area (Å²) in [5, 5.41) is 15.6. The van der Waals surface area contributed by atoms with Crippen LogP contribution in [-0.4, -0.2) is 33.9 Å². The summed E-state index contributed by atoms with van der Waals surface area (Å²) in [7, 11) is 0. The van der Waals surface area contributed by atoms with Gasteiger partial charge in [-0.3, -0.25) is 9.48 Å². The molecule has 1 amide bonds. The minimum atomic E-state index is -0.171. The number of hydrogen-bond acceptors (Lipinski definition) is 3. The summed E-state index contributed by atoms with van der Waals surface area (Å²) < 4.78 is 1.79. The number of hydrogen-bond donors (Lipinski definition) is 2. The highest BCUT2D eigenvalue weighted by atomic mass is 16.2. The summed E-state index contributed by atoms with van der Waals surface area (Å²) in [4.78, 5) is 11.9. The van der Waals surface area contributed by atoms with E-state index >= 15 is 0 Å². The summed E-state index contributed by atoms with van der Waals surface area (Å²) >= 11 is 0. The van der Waals surface area contributed by atoms with Gasteiger partial charge in [0.1, 0.15) is 6.61 Å². The minimum Gasteiger partial charge on any atom is -0.384 e. The second-order valence-electron chi connectivity index (χ2n) is 4.57. The fraction of sp³-hybridized carbons (Fsp3) is 0.250. The standard InChI is InChI=1S/C16H17N3O2/c1-13-11-18-19(12-13)9-8-17-16(21)15-6-4-14(5-7-15)3-2-10-20/h4-7,11-12,20H,8-10H2,1H3,(H,17,21). The zero-order chi connectivity index (χ0) is 15.1. The van der Waals surface area contributed by atoms with Crippen molar-refractivity contribution in [3.05, 3.63) is 53.3 Å². The molecule has 21 heavy (non-hydrogen) atoms. The Bertz CT molecular complexity index is 663. The van der Waals surface area contributed by atoms with E-state index in [1.54, 1.807) is 35.1 Å². The molecule has 0 saturated heterocycles. The van der Waals surface area contributed by atoms with E-state index < -0.39 is 0 Å². The Labute approximate surface area is 123 Å². The average Bonchev–Trinajstić information content (AvgIpc) is 2.91. The molecule has 1 aromatic carbocycles. The molecule has 1 aromatic heterocycles. The van der Waals surface area contributed by atoms with E-state index in [9.17, 15) is 4.79 Å². The molecule has 2 aromatic rings. The van der Waals surface area contributed by atoms with Gasteiger partial charge in [0.2, 0.25) is 0 Å². The van der Waals surface area contributed by atoms with Gasteiger partial charge in [-0.1, -0.05) is 11.8 Å². The molecule has 5 heteroatoms. The van der Waals surface area contributed by atoms with Crippen molar-refractivity contribution >= 4 is 5.91 Å². The third-order valence-corrected chi connectivity index (χ3v) is 2.85. The predicted octanol–water partition coefficient (Wildman–Crippen LogP) is 0.965. The highest BCUT2D eigenvalue weighted by Gasteiger charge is 2.04. The Morgan fingerprint density at radius 3 is 2.76 bits per heavy atom. The minimum absolute atomic E-state index is 0.124. The van der Waals surface area contributed by atoms with Gasteiger partial charge in [0.15, 0.2) is 0 Å². The summed E-state index contributed by atoms with van der Waals surface area (Å²) in [6.45, 7) is 2.96. The van der Waals surface area contributed by atoms with E-state index in [1.807, 2.05) is 13.1 Å². The molecule has 0 saturated carbocycles. The molecule has 0 aliphatic heterocycles. The van der Waals surface area contributed by atoms with Gasteiger partial charge in [-0.2, -0.15) is 5.10 Å². The second-order valence-corrected chi connectivity index (χ2v) is 4.57. The van der Waals surface area contributed by atoms with Crippen molar-refractivity contribution in [2.24, 2.45) is 0 Å². The Kier molecular flexibility index (Phi) is 5.13. The number of aromatic nitrogens is 2. The first-order chi connectivity index (χ1) is 10.2. The number of nitrogens with zero attached hydrogens (tertiary/aromatic N) is 2. The maximum absolute atomic E-state index is 11.9. The SMILES string of the molecule is Cc1cnn(CCNC(=O)c2ccc(C#CCO)cc2)c1. The van der Waals surface area contributed by atoms with Gasteiger partial charge in [0.05, 0.1) is 12.7 Å². The van der Waals surface area contributed by atoms with Gasteiger partial charge in [-0.05, 0) is 36.8 Å². The lowest BCUT2D eigenvalue weighted by Gasteiger charge is -2.05. The molecule has 108 valence electrons. The van der Waals surface area contributed by atoms with Crippen molar-refractivity contribution in [3.63, 3.8) is 0 Å². The number of aliphatic hydroxyl groups excluding tert-OH is 1. The number of amides is 1. The third kappa shape index (κ3) is 4.48. The van der Waals surface area contributed by atoms with E-state index in [0.29, 0.717) is 18.7 Å². The summed E-state index contributed by atoms with van der Waals surface area (Å²) in [6, 6.07) is 6.95. The highest BCUT2D eigenvalue weighted by molar-refractivity contribution is 5.94. The first kappa shape index (κ1) is 14.8. The van der Waals surface area contributed by atoms with Crippen LogP contribution in [0.25, 0.3) is 0 Å². The molecule has 2 N–H and O–H groups in total. The van der Waals surface area contributed by atoms with Gasteiger partial charge in [0.25, 0.3) is 5.91 Å². The molecule has 0 unspecified atom stereocenters. The molecular formula is C16H17N3O2. The summed E-state index contributed by atoms with van der Waals surface area (Å²) in [6.07, 6.45) is 3.72.